The van der Waals surface area contributed by atoms with Gasteiger partial charge in [-0.25, -0.2) is 8.42 Å². The summed E-state index contributed by atoms with van der Waals surface area (Å²) in [7, 11) is -1.80. The van der Waals surface area contributed by atoms with Gasteiger partial charge in [0.25, 0.3) is 0 Å². The van der Waals surface area contributed by atoms with Gasteiger partial charge in [0, 0.05) is 23.2 Å². The number of anilines is 1. The predicted octanol–water partition coefficient (Wildman–Crippen LogP) is 2.12. The highest BCUT2D eigenvalue weighted by atomic mass is 79.9. The first-order valence-corrected chi connectivity index (χ1v) is 7.61. The van der Waals surface area contributed by atoms with Crippen LogP contribution in [0, 0.1) is 6.92 Å². The van der Waals surface area contributed by atoms with Crippen LogP contribution >= 0.6 is 15.9 Å². The fraction of sp³-hybridized carbons (Fsp3) is 0.455. The molecule has 94 valence electrons. The third-order valence-electron chi connectivity index (χ3n) is 3.08. The van der Waals surface area contributed by atoms with Gasteiger partial charge in [-0.05, 0) is 37.5 Å². The lowest BCUT2D eigenvalue weighted by Crippen LogP contribution is -2.29. The topological polar surface area (TPSA) is 63.4 Å². The Morgan fingerprint density at radius 1 is 1.41 bits per heavy atom. The van der Waals surface area contributed by atoms with Crippen molar-refractivity contribution in [2.24, 2.45) is 0 Å². The molecule has 2 rings (SSSR count). The fourth-order valence-corrected chi connectivity index (χ4v) is 4.05. The summed E-state index contributed by atoms with van der Waals surface area (Å²) in [6.07, 6.45) is 1.89. The quantitative estimate of drug-likeness (QED) is 0.868. The van der Waals surface area contributed by atoms with E-state index in [-0.39, 0.29) is 6.04 Å². The molecule has 2 N–H and O–H groups in total. The van der Waals surface area contributed by atoms with Crippen LogP contribution in [-0.4, -0.2) is 25.8 Å². The van der Waals surface area contributed by atoms with Crippen LogP contribution in [0.5, 0.6) is 0 Å². The molecule has 0 atom stereocenters. The standard InChI is InChI=1S/C11H15BrN2O2S/c1-7-10(13)5-8(12)6-11(7)17(15,16)14(2)9-3-4-9/h5-6,9H,3-4,13H2,1-2H3. The van der Waals surface area contributed by atoms with E-state index in [1.54, 1.807) is 26.1 Å². The van der Waals surface area contributed by atoms with Gasteiger partial charge in [0.15, 0.2) is 0 Å². The average molecular weight is 319 g/mol. The van der Waals surface area contributed by atoms with Gasteiger partial charge >= 0.3 is 0 Å². The van der Waals surface area contributed by atoms with Gasteiger partial charge in [-0.1, -0.05) is 15.9 Å². The molecule has 1 saturated carbocycles. The monoisotopic (exact) mass is 318 g/mol. The molecule has 1 aliphatic carbocycles. The Bertz CT molecular complexity index is 553. The second kappa shape index (κ2) is 4.26. The Morgan fingerprint density at radius 2 is 2.00 bits per heavy atom. The number of halogens is 1. The summed E-state index contributed by atoms with van der Waals surface area (Å²) in [6.45, 7) is 1.73. The third-order valence-corrected chi connectivity index (χ3v) is 5.58. The lowest BCUT2D eigenvalue weighted by molar-refractivity contribution is 0.464. The molecule has 0 heterocycles. The Morgan fingerprint density at radius 3 is 2.53 bits per heavy atom. The van der Waals surface area contributed by atoms with Crippen molar-refractivity contribution in [2.75, 3.05) is 12.8 Å². The van der Waals surface area contributed by atoms with Crippen LogP contribution in [0.25, 0.3) is 0 Å². The number of hydrogen-bond donors (Lipinski definition) is 1. The Labute approximate surface area is 110 Å². The molecule has 4 nitrogen and oxygen atoms in total. The Hall–Kier alpha value is -0.590. The SMILES string of the molecule is Cc1c(N)cc(Br)cc1S(=O)(=O)N(C)C1CC1. The minimum atomic E-state index is -3.43. The lowest BCUT2D eigenvalue weighted by atomic mass is 10.2. The maximum atomic E-state index is 12.4. The van der Waals surface area contributed by atoms with Crippen molar-refractivity contribution in [3.05, 3.63) is 22.2 Å². The maximum absolute atomic E-state index is 12.4. The number of benzene rings is 1. The number of rotatable bonds is 3. The minimum Gasteiger partial charge on any atom is -0.398 e. The van der Waals surface area contributed by atoms with Gasteiger partial charge in [0.2, 0.25) is 10.0 Å². The number of sulfonamides is 1. The molecule has 0 spiro atoms. The van der Waals surface area contributed by atoms with Crippen molar-refractivity contribution in [1.29, 1.82) is 0 Å². The molecule has 1 aromatic carbocycles. The zero-order valence-electron chi connectivity index (χ0n) is 9.77. The van der Waals surface area contributed by atoms with Crippen LogP contribution in [0.3, 0.4) is 0 Å². The first kappa shape index (κ1) is 12.9. The van der Waals surface area contributed by atoms with Gasteiger partial charge < -0.3 is 5.73 Å². The molecule has 1 aliphatic rings. The summed E-state index contributed by atoms with van der Waals surface area (Å²) in [5.41, 5.74) is 6.90. The van der Waals surface area contributed by atoms with Crippen molar-refractivity contribution in [3.63, 3.8) is 0 Å². The molecule has 6 heteroatoms. The summed E-state index contributed by atoms with van der Waals surface area (Å²) in [5.74, 6) is 0. The molecule has 0 amide bonds. The van der Waals surface area contributed by atoms with Gasteiger partial charge in [0.05, 0.1) is 4.90 Å². The summed E-state index contributed by atoms with van der Waals surface area (Å²) in [5, 5.41) is 0. The molecule has 0 radical (unpaired) electrons. The molecule has 0 bridgehead atoms. The van der Waals surface area contributed by atoms with Crippen LogP contribution in [-0.2, 0) is 10.0 Å². The van der Waals surface area contributed by atoms with E-state index in [4.69, 9.17) is 5.73 Å². The maximum Gasteiger partial charge on any atom is 0.243 e. The van der Waals surface area contributed by atoms with Crippen LogP contribution in [0.1, 0.15) is 18.4 Å². The molecule has 0 aliphatic heterocycles. The van der Waals surface area contributed by atoms with Gasteiger partial charge in [-0.2, -0.15) is 4.31 Å². The highest BCUT2D eigenvalue weighted by Gasteiger charge is 2.36. The van der Waals surface area contributed by atoms with Gasteiger partial charge in [0.1, 0.15) is 0 Å². The van der Waals surface area contributed by atoms with Crippen molar-refractivity contribution >= 4 is 31.6 Å². The van der Waals surface area contributed by atoms with E-state index in [2.05, 4.69) is 15.9 Å². The zero-order chi connectivity index (χ0) is 12.8. The van der Waals surface area contributed by atoms with Crippen molar-refractivity contribution in [3.8, 4) is 0 Å². The summed E-state index contributed by atoms with van der Waals surface area (Å²) in [4.78, 5) is 0.291. The van der Waals surface area contributed by atoms with E-state index < -0.39 is 10.0 Å². The highest BCUT2D eigenvalue weighted by Crippen LogP contribution is 2.33. The molecular weight excluding hydrogens is 304 g/mol. The smallest absolute Gasteiger partial charge is 0.243 e. The summed E-state index contributed by atoms with van der Waals surface area (Å²) >= 11 is 3.28. The third kappa shape index (κ3) is 2.34. The number of nitrogen functional groups attached to an aromatic ring is 1. The second-order valence-electron chi connectivity index (χ2n) is 4.37. The predicted molar refractivity (Wildman–Crippen MR) is 71.3 cm³/mol. The molecule has 0 aromatic heterocycles. The number of nitrogens with two attached hydrogens (primary N) is 1. The van der Waals surface area contributed by atoms with Crippen LogP contribution < -0.4 is 5.73 Å². The van der Waals surface area contributed by atoms with Gasteiger partial charge in [-0.3, -0.25) is 0 Å². The summed E-state index contributed by atoms with van der Waals surface area (Å²) in [6, 6.07) is 3.48. The molecule has 0 saturated heterocycles. The first-order valence-electron chi connectivity index (χ1n) is 5.37. The Kier molecular flexibility index (Phi) is 3.22. The lowest BCUT2D eigenvalue weighted by Gasteiger charge is -2.18. The highest BCUT2D eigenvalue weighted by molar-refractivity contribution is 9.10. The van der Waals surface area contributed by atoms with Crippen LogP contribution in [0.15, 0.2) is 21.5 Å². The molecule has 17 heavy (non-hydrogen) atoms. The molecule has 1 fully saturated rings. The zero-order valence-corrected chi connectivity index (χ0v) is 12.2. The van der Waals surface area contributed by atoms with Crippen molar-refractivity contribution in [2.45, 2.75) is 30.7 Å². The van der Waals surface area contributed by atoms with Crippen molar-refractivity contribution < 1.29 is 8.42 Å². The van der Waals surface area contributed by atoms with Crippen molar-refractivity contribution in [1.82, 2.24) is 4.31 Å². The largest absolute Gasteiger partial charge is 0.398 e. The second-order valence-corrected chi connectivity index (χ2v) is 7.25. The average Bonchev–Trinajstić information content (AvgIpc) is 3.05. The molecule has 1 aromatic rings. The summed E-state index contributed by atoms with van der Waals surface area (Å²) < 4.78 is 26.9. The Balaban J connectivity index is 2.52. The molecular formula is C11H15BrN2O2S. The van der Waals surface area contributed by atoms with E-state index in [0.29, 0.717) is 20.6 Å². The van der Waals surface area contributed by atoms with E-state index in [0.717, 1.165) is 12.8 Å². The molecule has 0 unspecified atom stereocenters. The minimum absolute atomic E-state index is 0.152. The van der Waals surface area contributed by atoms with Crippen LogP contribution in [0.4, 0.5) is 5.69 Å². The fourth-order valence-electron chi connectivity index (χ4n) is 1.73. The normalized spacial score (nSPS) is 16.5. The van der Waals surface area contributed by atoms with E-state index in [9.17, 15) is 8.42 Å². The van der Waals surface area contributed by atoms with E-state index in [1.807, 2.05) is 0 Å². The van der Waals surface area contributed by atoms with Crippen LogP contribution in [0.2, 0.25) is 0 Å². The number of nitrogens with zero attached hydrogens (tertiary/aromatic N) is 1. The van der Waals surface area contributed by atoms with E-state index >= 15 is 0 Å². The van der Waals surface area contributed by atoms with E-state index in [1.165, 1.54) is 4.31 Å². The number of hydrogen-bond acceptors (Lipinski definition) is 3. The van der Waals surface area contributed by atoms with Gasteiger partial charge in [-0.15, -0.1) is 0 Å². The first-order chi connectivity index (χ1) is 7.84.